The van der Waals surface area contributed by atoms with Crippen molar-refractivity contribution in [3.8, 4) is 0 Å². The molecule has 0 bridgehead atoms. The van der Waals surface area contributed by atoms with E-state index in [1.54, 1.807) is 13.1 Å². The summed E-state index contributed by atoms with van der Waals surface area (Å²) in [6.07, 6.45) is 2.87. The monoisotopic (exact) mass is 291 g/mol. The summed E-state index contributed by atoms with van der Waals surface area (Å²) in [5, 5.41) is 16.9. The summed E-state index contributed by atoms with van der Waals surface area (Å²) >= 11 is 0. The van der Waals surface area contributed by atoms with Crippen LogP contribution in [0.3, 0.4) is 0 Å². The molecule has 0 aromatic heterocycles. The third-order valence-electron chi connectivity index (χ3n) is 4.03. The number of hydrogen-bond acceptors (Lipinski definition) is 4. The Morgan fingerprint density at radius 3 is 2.67 bits per heavy atom. The zero-order chi connectivity index (χ0) is 15.6. The van der Waals surface area contributed by atoms with Crippen molar-refractivity contribution in [1.29, 1.82) is 0 Å². The molecule has 1 amide bonds. The Hall–Kier alpha value is -2.11. The van der Waals surface area contributed by atoms with Gasteiger partial charge in [-0.05, 0) is 36.8 Å². The number of benzene rings is 1. The molecule has 21 heavy (non-hydrogen) atoms. The van der Waals surface area contributed by atoms with Crippen LogP contribution in [0.25, 0.3) is 0 Å². The molecule has 0 spiro atoms. The van der Waals surface area contributed by atoms with Crippen LogP contribution in [0.2, 0.25) is 0 Å². The Morgan fingerprint density at radius 1 is 1.43 bits per heavy atom. The van der Waals surface area contributed by atoms with Crippen LogP contribution in [-0.4, -0.2) is 23.9 Å². The van der Waals surface area contributed by atoms with E-state index >= 15 is 0 Å². The van der Waals surface area contributed by atoms with E-state index in [1.807, 2.05) is 0 Å². The number of anilines is 1. The highest BCUT2D eigenvalue weighted by Crippen LogP contribution is 2.37. The standard InChI is InChI=1S/C15H21N3O3/c1-15(2)7-6-11(9-15)17-14(19)12-8-10(16-3)4-5-13(12)18(20)21/h4-5,8,11,16H,6-7,9H2,1-3H3,(H,17,19). The second-order valence-electron chi connectivity index (χ2n) is 6.32. The predicted molar refractivity (Wildman–Crippen MR) is 81.5 cm³/mol. The molecule has 1 aliphatic rings. The maximum Gasteiger partial charge on any atom is 0.282 e. The van der Waals surface area contributed by atoms with E-state index in [9.17, 15) is 14.9 Å². The van der Waals surface area contributed by atoms with Crippen molar-refractivity contribution in [2.24, 2.45) is 5.41 Å². The minimum Gasteiger partial charge on any atom is -0.388 e. The molecule has 1 saturated carbocycles. The van der Waals surface area contributed by atoms with Gasteiger partial charge in [-0.1, -0.05) is 13.8 Å². The minimum atomic E-state index is -0.521. The fraction of sp³-hybridized carbons (Fsp3) is 0.533. The topological polar surface area (TPSA) is 84.3 Å². The lowest BCUT2D eigenvalue weighted by Gasteiger charge is -2.18. The number of carbonyl (C=O) groups is 1. The average molecular weight is 291 g/mol. The summed E-state index contributed by atoms with van der Waals surface area (Å²) in [6.45, 7) is 4.34. The number of nitro groups is 1. The van der Waals surface area contributed by atoms with Gasteiger partial charge in [-0.15, -0.1) is 0 Å². The van der Waals surface area contributed by atoms with Gasteiger partial charge in [0.25, 0.3) is 11.6 Å². The number of hydrogen-bond donors (Lipinski definition) is 2. The zero-order valence-electron chi connectivity index (χ0n) is 12.6. The smallest absolute Gasteiger partial charge is 0.282 e. The summed E-state index contributed by atoms with van der Waals surface area (Å²) in [4.78, 5) is 22.9. The van der Waals surface area contributed by atoms with E-state index in [0.29, 0.717) is 5.69 Å². The van der Waals surface area contributed by atoms with E-state index in [2.05, 4.69) is 24.5 Å². The van der Waals surface area contributed by atoms with E-state index in [0.717, 1.165) is 19.3 Å². The quantitative estimate of drug-likeness (QED) is 0.660. The van der Waals surface area contributed by atoms with Crippen molar-refractivity contribution in [2.75, 3.05) is 12.4 Å². The first-order valence-electron chi connectivity index (χ1n) is 7.09. The molecule has 114 valence electrons. The number of rotatable bonds is 4. The van der Waals surface area contributed by atoms with Crippen LogP contribution in [-0.2, 0) is 0 Å². The van der Waals surface area contributed by atoms with Gasteiger partial charge in [-0.2, -0.15) is 0 Å². The molecule has 1 aliphatic carbocycles. The lowest BCUT2D eigenvalue weighted by atomic mass is 9.92. The van der Waals surface area contributed by atoms with Gasteiger partial charge in [0.05, 0.1) is 4.92 Å². The second kappa shape index (κ2) is 5.71. The van der Waals surface area contributed by atoms with E-state index < -0.39 is 4.92 Å². The lowest BCUT2D eigenvalue weighted by molar-refractivity contribution is -0.385. The fourth-order valence-electron chi connectivity index (χ4n) is 2.86. The molecule has 0 heterocycles. The normalized spacial score (nSPS) is 20.0. The van der Waals surface area contributed by atoms with Gasteiger partial charge in [0.1, 0.15) is 5.56 Å². The molecular weight excluding hydrogens is 270 g/mol. The van der Waals surface area contributed by atoms with Gasteiger partial charge < -0.3 is 10.6 Å². The molecule has 6 heteroatoms. The Kier molecular flexibility index (Phi) is 4.16. The van der Waals surface area contributed by atoms with E-state index in [-0.39, 0.29) is 28.6 Å². The average Bonchev–Trinajstić information content (AvgIpc) is 2.76. The molecule has 1 aromatic rings. The van der Waals surface area contributed by atoms with Crippen LogP contribution in [0.5, 0.6) is 0 Å². The molecule has 2 N–H and O–H groups in total. The number of carbonyl (C=O) groups excluding carboxylic acids is 1. The first-order chi connectivity index (χ1) is 9.82. The lowest BCUT2D eigenvalue weighted by Crippen LogP contribution is -2.33. The van der Waals surface area contributed by atoms with E-state index in [4.69, 9.17) is 0 Å². The number of nitrogens with zero attached hydrogens (tertiary/aromatic N) is 1. The van der Waals surface area contributed by atoms with Gasteiger partial charge in [0.15, 0.2) is 0 Å². The van der Waals surface area contributed by atoms with Crippen molar-refractivity contribution in [3.63, 3.8) is 0 Å². The summed E-state index contributed by atoms with van der Waals surface area (Å²) in [6, 6.07) is 4.56. The van der Waals surface area contributed by atoms with Gasteiger partial charge in [0, 0.05) is 24.8 Å². The maximum absolute atomic E-state index is 12.4. The molecule has 0 aliphatic heterocycles. The molecule has 1 unspecified atom stereocenters. The highest BCUT2D eigenvalue weighted by Gasteiger charge is 2.32. The van der Waals surface area contributed by atoms with Crippen molar-refractivity contribution < 1.29 is 9.72 Å². The second-order valence-corrected chi connectivity index (χ2v) is 6.32. The fourth-order valence-corrected chi connectivity index (χ4v) is 2.86. The first kappa shape index (κ1) is 15.3. The largest absolute Gasteiger partial charge is 0.388 e. The van der Waals surface area contributed by atoms with Gasteiger partial charge >= 0.3 is 0 Å². The van der Waals surface area contributed by atoms with Gasteiger partial charge in [-0.3, -0.25) is 14.9 Å². The summed E-state index contributed by atoms with van der Waals surface area (Å²) in [5.41, 5.74) is 0.842. The highest BCUT2D eigenvalue weighted by atomic mass is 16.6. The SMILES string of the molecule is CNc1ccc([N+](=O)[O-])c(C(=O)NC2CCC(C)(C)C2)c1. The van der Waals surface area contributed by atoms with Crippen molar-refractivity contribution in [1.82, 2.24) is 5.32 Å². The molecular formula is C15H21N3O3. The van der Waals surface area contributed by atoms with E-state index in [1.165, 1.54) is 12.1 Å². The van der Waals surface area contributed by atoms with Crippen LogP contribution in [0.4, 0.5) is 11.4 Å². The molecule has 2 rings (SSSR count). The van der Waals surface area contributed by atoms with Crippen LogP contribution in [0, 0.1) is 15.5 Å². The zero-order valence-corrected chi connectivity index (χ0v) is 12.6. The van der Waals surface area contributed by atoms with Crippen LogP contribution in [0.1, 0.15) is 43.5 Å². The number of nitro benzene ring substituents is 1. The van der Waals surface area contributed by atoms with Crippen molar-refractivity contribution in [2.45, 2.75) is 39.2 Å². The maximum atomic E-state index is 12.4. The van der Waals surface area contributed by atoms with Gasteiger partial charge in [-0.25, -0.2) is 0 Å². The Bertz CT molecular complexity index is 569. The minimum absolute atomic E-state index is 0.0883. The molecule has 1 atom stereocenters. The summed E-state index contributed by atoms with van der Waals surface area (Å²) in [7, 11) is 1.71. The van der Waals surface area contributed by atoms with Crippen LogP contribution in [0.15, 0.2) is 18.2 Å². The van der Waals surface area contributed by atoms with Gasteiger partial charge in [0.2, 0.25) is 0 Å². The Balaban J connectivity index is 2.20. The van der Waals surface area contributed by atoms with Crippen LogP contribution < -0.4 is 10.6 Å². The summed E-state index contributed by atoms with van der Waals surface area (Å²) in [5.74, 6) is -0.374. The third-order valence-corrected chi connectivity index (χ3v) is 4.03. The van der Waals surface area contributed by atoms with Crippen LogP contribution >= 0.6 is 0 Å². The van der Waals surface area contributed by atoms with Crippen molar-refractivity contribution >= 4 is 17.3 Å². The Labute approximate surface area is 124 Å². The Morgan fingerprint density at radius 2 is 2.14 bits per heavy atom. The van der Waals surface area contributed by atoms with Crippen molar-refractivity contribution in [3.05, 3.63) is 33.9 Å². The molecule has 0 radical (unpaired) electrons. The summed E-state index contributed by atoms with van der Waals surface area (Å²) < 4.78 is 0. The molecule has 1 aromatic carbocycles. The highest BCUT2D eigenvalue weighted by molar-refractivity contribution is 5.99. The predicted octanol–water partition coefficient (Wildman–Crippen LogP) is 2.95. The number of amides is 1. The number of nitrogens with one attached hydrogen (secondary N) is 2. The third kappa shape index (κ3) is 3.51. The molecule has 6 nitrogen and oxygen atoms in total. The molecule has 1 fully saturated rings. The molecule has 0 saturated heterocycles. The first-order valence-corrected chi connectivity index (χ1v) is 7.09.